The van der Waals surface area contributed by atoms with Gasteiger partial charge in [-0.1, -0.05) is 41.9 Å². The van der Waals surface area contributed by atoms with Crippen molar-refractivity contribution in [2.75, 3.05) is 5.32 Å². The van der Waals surface area contributed by atoms with E-state index in [1.54, 1.807) is 13.8 Å². The van der Waals surface area contributed by atoms with Crippen molar-refractivity contribution in [3.05, 3.63) is 69.2 Å². The molecule has 2 aromatic carbocycles. The highest BCUT2D eigenvalue weighted by Crippen LogP contribution is 2.29. The standard InChI is InChI=1S/C16H15ClN2O3/c1-16(2,11-6-4-3-5-7-11)15(20)18-12-8-9-13(17)14(10-12)19(21)22/h3-10H,1-2H3,(H,18,20). The first-order valence-corrected chi connectivity index (χ1v) is 7.01. The zero-order valence-corrected chi connectivity index (χ0v) is 12.9. The first kappa shape index (κ1) is 16.0. The SMILES string of the molecule is CC(C)(C(=O)Nc1ccc(Cl)c([N+](=O)[O-])c1)c1ccccc1. The average molecular weight is 319 g/mol. The van der Waals surface area contributed by atoms with E-state index in [0.717, 1.165) is 5.56 Å². The summed E-state index contributed by atoms with van der Waals surface area (Å²) < 4.78 is 0. The molecule has 114 valence electrons. The van der Waals surface area contributed by atoms with Gasteiger partial charge in [-0.25, -0.2) is 0 Å². The van der Waals surface area contributed by atoms with Crippen molar-refractivity contribution < 1.29 is 9.72 Å². The molecule has 0 atom stereocenters. The van der Waals surface area contributed by atoms with Gasteiger partial charge in [-0.05, 0) is 31.5 Å². The lowest BCUT2D eigenvalue weighted by molar-refractivity contribution is -0.384. The molecule has 0 aliphatic heterocycles. The van der Waals surface area contributed by atoms with Crippen LogP contribution in [0.5, 0.6) is 0 Å². The minimum atomic E-state index is -0.768. The molecule has 0 bridgehead atoms. The average Bonchev–Trinajstić information content (AvgIpc) is 2.49. The van der Waals surface area contributed by atoms with Crippen LogP contribution in [-0.2, 0) is 10.2 Å². The number of benzene rings is 2. The molecule has 1 N–H and O–H groups in total. The molecule has 6 heteroatoms. The van der Waals surface area contributed by atoms with E-state index in [-0.39, 0.29) is 16.6 Å². The third kappa shape index (κ3) is 3.26. The van der Waals surface area contributed by atoms with Gasteiger partial charge in [0.15, 0.2) is 0 Å². The predicted molar refractivity (Wildman–Crippen MR) is 86.2 cm³/mol. The molecule has 0 fully saturated rings. The van der Waals surface area contributed by atoms with Crippen LogP contribution in [0.2, 0.25) is 5.02 Å². The topological polar surface area (TPSA) is 72.2 Å². The second kappa shape index (κ2) is 6.15. The van der Waals surface area contributed by atoms with Crippen molar-refractivity contribution in [1.29, 1.82) is 0 Å². The Morgan fingerprint density at radius 2 is 1.82 bits per heavy atom. The van der Waals surface area contributed by atoms with Crippen LogP contribution >= 0.6 is 11.6 Å². The molecule has 0 aromatic heterocycles. The summed E-state index contributed by atoms with van der Waals surface area (Å²) in [6.45, 7) is 3.59. The summed E-state index contributed by atoms with van der Waals surface area (Å²) in [5.74, 6) is -0.254. The van der Waals surface area contributed by atoms with Crippen LogP contribution in [-0.4, -0.2) is 10.8 Å². The van der Waals surface area contributed by atoms with Crippen molar-refractivity contribution in [3.63, 3.8) is 0 Å². The highest BCUT2D eigenvalue weighted by molar-refractivity contribution is 6.32. The van der Waals surface area contributed by atoms with E-state index in [9.17, 15) is 14.9 Å². The Kier molecular flexibility index (Phi) is 4.47. The molecule has 0 aliphatic rings. The quantitative estimate of drug-likeness (QED) is 0.679. The molecule has 22 heavy (non-hydrogen) atoms. The molecule has 0 unspecified atom stereocenters. The van der Waals surface area contributed by atoms with Crippen LogP contribution < -0.4 is 5.32 Å². The lowest BCUT2D eigenvalue weighted by Crippen LogP contribution is -2.34. The lowest BCUT2D eigenvalue weighted by atomic mass is 9.83. The monoisotopic (exact) mass is 318 g/mol. The highest BCUT2D eigenvalue weighted by Gasteiger charge is 2.30. The smallest absolute Gasteiger partial charge is 0.289 e. The number of hydrogen-bond donors (Lipinski definition) is 1. The Bertz CT molecular complexity index is 715. The largest absolute Gasteiger partial charge is 0.325 e. The van der Waals surface area contributed by atoms with Gasteiger partial charge in [0.2, 0.25) is 5.91 Å². The molecular weight excluding hydrogens is 304 g/mol. The Labute approximate surface area is 133 Å². The van der Waals surface area contributed by atoms with Crippen molar-refractivity contribution in [2.45, 2.75) is 19.3 Å². The molecule has 0 aliphatic carbocycles. The molecule has 0 saturated heterocycles. The normalized spacial score (nSPS) is 11.0. The molecule has 0 saturated carbocycles. The molecule has 5 nitrogen and oxygen atoms in total. The van der Waals surface area contributed by atoms with Crippen LogP contribution in [0.3, 0.4) is 0 Å². The maximum Gasteiger partial charge on any atom is 0.289 e. The number of halogens is 1. The van der Waals surface area contributed by atoms with Crippen molar-refractivity contribution in [2.24, 2.45) is 0 Å². The van der Waals surface area contributed by atoms with Crippen LogP contribution in [0.25, 0.3) is 0 Å². The van der Waals surface area contributed by atoms with Crippen LogP contribution in [0.15, 0.2) is 48.5 Å². The van der Waals surface area contributed by atoms with Crippen molar-refractivity contribution in [1.82, 2.24) is 0 Å². The second-order valence-electron chi connectivity index (χ2n) is 5.37. The Balaban J connectivity index is 2.25. The summed E-state index contributed by atoms with van der Waals surface area (Å²) in [4.78, 5) is 22.8. The number of amides is 1. The number of nitro groups is 1. The van der Waals surface area contributed by atoms with E-state index in [1.807, 2.05) is 30.3 Å². The molecule has 1 amide bonds. The third-order valence-corrected chi connectivity index (χ3v) is 3.78. The van der Waals surface area contributed by atoms with E-state index in [4.69, 9.17) is 11.6 Å². The summed E-state index contributed by atoms with van der Waals surface area (Å²) in [5, 5.41) is 13.6. The van der Waals surface area contributed by atoms with E-state index < -0.39 is 10.3 Å². The number of hydrogen-bond acceptors (Lipinski definition) is 3. The fourth-order valence-electron chi connectivity index (χ4n) is 2.00. The molecule has 0 radical (unpaired) electrons. The van der Waals surface area contributed by atoms with Gasteiger partial charge in [-0.15, -0.1) is 0 Å². The third-order valence-electron chi connectivity index (χ3n) is 3.46. The Hall–Kier alpha value is -2.40. The van der Waals surface area contributed by atoms with Crippen LogP contribution in [0, 0.1) is 10.1 Å². The molecule has 2 aromatic rings. The van der Waals surface area contributed by atoms with Gasteiger partial charge < -0.3 is 5.32 Å². The predicted octanol–water partition coefficient (Wildman–Crippen LogP) is 4.16. The van der Waals surface area contributed by atoms with E-state index in [2.05, 4.69) is 5.32 Å². The zero-order chi connectivity index (χ0) is 16.3. The van der Waals surface area contributed by atoms with Gasteiger partial charge in [-0.2, -0.15) is 0 Å². The van der Waals surface area contributed by atoms with Gasteiger partial charge >= 0.3 is 0 Å². The van der Waals surface area contributed by atoms with Gasteiger partial charge in [0.05, 0.1) is 10.3 Å². The van der Waals surface area contributed by atoms with Crippen molar-refractivity contribution >= 4 is 28.9 Å². The number of nitro benzene ring substituents is 1. The summed E-state index contributed by atoms with van der Waals surface area (Å²) in [6.07, 6.45) is 0. The fraction of sp³-hybridized carbons (Fsp3) is 0.188. The van der Waals surface area contributed by atoms with Crippen molar-refractivity contribution in [3.8, 4) is 0 Å². The summed E-state index contributed by atoms with van der Waals surface area (Å²) in [7, 11) is 0. The van der Waals surface area contributed by atoms with Crippen LogP contribution in [0.1, 0.15) is 19.4 Å². The van der Waals surface area contributed by atoms with Gasteiger partial charge in [0, 0.05) is 11.8 Å². The number of nitrogens with zero attached hydrogens (tertiary/aromatic N) is 1. The first-order chi connectivity index (χ1) is 10.3. The minimum Gasteiger partial charge on any atom is -0.325 e. The second-order valence-corrected chi connectivity index (χ2v) is 5.78. The molecule has 0 heterocycles. The van der Waals surface area contributed by atoms with E-state index >= 15 is 0 Å². The maximum absolute atomic E-state index is 12.5. The summed E-state index contributed by atoms with van der Waals surface area (Å²) in [6, 6.07) is 13.5. The number of nitrogens with one attached hydrogen (secondary N) is 1. The summed E-state index contributed by atoms with van der Waals surface area (Å²) in [5.41, 5.74) is 0.188. The van der Waals surface area contributed by atoms with Gasteiger partial charge in [0.25, 0.3) is 5.69 Å². The minimum absolute atomic E-state index is 0.0327. The molecule has 0 spiro atoms. The number of carbonyl (C=O) groups excluding carboxylic acids is 1. The number of rotatable bonds is 4. The first-order valence-electron chi connectivity index (χ1n) is 6.63. The number of anilines is 1. The highest BCUT2D eigenvalue weighted by atomic mass is 35.5. The molecular formula is C16H15ClN2O3. The lowest BCUT2D eigenvalue weighted by Gasteiger charge is -2.24. The maximum atomic E-state index is 12.5. The molecule has 2 rings (SSSR count). The Morgan fingerprint density at radius 1 is 1.18 bits per heavy atom. The zero-order valence-electron chi connectivity index (χ0n) is 12.2. The number of carbonyl (C=O) groups is 1. The fourth-order valence-corrected chi connectivity index (χ4v) is 2.19. The van der Waals surface area contributed by atoms with Gasteiger partial charge in [0.1, 0.15) is 5.02 Å². The summed E-state index contributed by atoms with van der Waals surface area (Å²) >= 11 is 5.76. The van der Waals surface area contributed by atoms with Crippen LogP contribution in [0.4, 0.5) is 11.4 Å². The van der Waals surface area contributed by atoms with E-state index in [1.165, 1.54) is 18.2 Å². The van der Waals surface area contributed by atoms with E-state index in [0.29, 0.717) is 5.69 Å². The van der Waals surface area contributed by atoms with Gasteiger partial charge in [-0.3, -0.25) is 14.9 Å². The Morgan fingerprint density at radius 3 is 2.41 bits per heavy atom.